The maximum atomic E-state index is 4.98. The van der Waals surface area contributed by atoms with Crippen molar-refractivity contribution in [1.29, 1.82) is 0 Å². The molecule has 0 fully saturated rings. The van der Waals surface area contributed by atoms with Crippen LogP contribution in [-0.4, -0.2) is 12.6 Å². The summed E-state index contributed by atoms with van der Waals surface area (Å²) in [5.74, 6) is 2.47. The third kappa shape index (κ3) is 3.45. The van der Waals surface area contributed by atoms with E-state index in [9.17, 15) is 0 Å². The third-order valence-electron chi connectivity index (χ3n) is 0.880. The first kappa shape index (κ1) is 7.26. The van der Waals surface area contributed by atoms with E-state index in [0.29, 0.717) is 12.6 Å². The van der Waals surface area contributed by atoms with Crippen molar-refractivity contribution in [3.8, 4) is 12.3 Å². The van der Waals surface area contributed by atoms with E-state index in [-0.39, 0.29) is 0 Å². The number of rotatable bonds is 3. The summed E-state index contributed by atoms with van der Waals surface area (Å²) in [7, 11) is 0. The molecule has 0 amide bonds. The minimum atomic E-state index is 0.325. The SMILES string of the molecule is C#CCNC(C)C=C. The van der Waals surface area contributed by atoms with Gasteiger partial charge in [0, 0.05) is 6.04 Å². The van der Waals surface area contributed by atoms with Crippen LogP contribution >= 0.6 is 0 Å². The average molecular weight is 109 g/mol. The Morgan fingerprint density at radius 1 is 2.00 bits per heavy atom. The minimum absolute atomic E-state index is 0.325. The molecule has 0 aromatic heterocycles. The number of terminal acetylenes is 1. The smallest absolute Gasteiger partial charge is 0.0578 e. The molecule has 44 valence electrons. The topological polar surface area (TPSA) is 12.0 Å². The van der Waals surface area contributed by atoms with Gasteiger partial charge in [0.1, 0.15) is 0 Å². The summed E-state index contributed by atoms with van der Waals surface area (Å²) in [5, 5.41) is 3.03. The first-order valence-electron chi connectivity index (χ1n) is 2.60. The molecule has 0 saturated carbocycles. The molecule has 0 radical (unpaired) electrons. The lowest BCUT2D eigenvalue weighted by molar-refractivity contribution is 0.694. The molecule has 1 atom stereocenters. The molecule has 0 heterocycles. The first-order chi connectivity index (χ1) is 3.81. The van der Waals surface area contributed by atoms with Gasteiger partial charge in [0.15, 0.2) is 0 Å². The average Bonchev–Trinajstić information content (AvgIpc) is 1.83. The Bertz CT molecular complexity index is 99.4. The van der Waals surface area contributed by atoms with Crippen LogP contribution < -0.4 is 5.32 Å². The van der Waals surface area contributed by atoms with Crippen molar-refractivity contribution in [3.05, 3.63) is 12.7 Å². The van der Waals surface area contributed by atoms with Gasteiger partial charge in [0.2, 0.25) is 0 Å². The lowest BCUT2D eigenvalue weighted by atomic mass is 10.3. The summed E-state index contributed by atoms with van der Waals surface area (Å²) < 4.78 is 0. The standard InChI is InChI=1S/C7H11N/c1-4-6-8-7(3)5-2/h1,5,7-8H,2,6H2,3H3. The van der Waals surface area contributed by atoms with E-state index in [2.05, 4.69) is 17.8 Å². The van der Waals surface area contributed by atoms with Crippen molar-refractivity contribution in [2.24, 2.45) is 0 Å². The van der Waals surface area contributed by atoms with E-state index >= 15 is 0 Å². The second-order valence-corrected chi connectivity index (χ2v) is 1.61. The monoisotopic (exact) mass is 109 g/mol. The van der Waals surface area contributed by atoms with Crippen LogP contribution in [0, 0.1) is 12.3 Å². The van der Waals surface area contributed by atoms with Crippen LogP contribution in [0.25, 0.3) is 0 Å². The summed E-state index contributed by atoms with van der Waals surface area (Å²) >= 11 is 0. The number of hydrogen-bond donors (Lipinski definition) is 1. The van der Waals surface area contributed by atoms with Gasteiger partial charge >= 0.3 is 0 Å². The largest absolute Gasteiger partial charge is 0.300 e. The highest BCUT2D eigenvalue weighted by Gasteiger charge is 1.87. The van der Waals surface area contributed by atoms with E-state index < -0.39 is 0 Å². The van der Waals surface area contributed by atoms with Gasteiger partial charge in [-0.25, -0.2) is 0 Å². The molecular weight excluding hydrogens is 98.1 g/mol. The van der Waals surface area contributed by atoms with E-state index in [4.69, 9.17) is 6.42 Å². The Morgan fingerprint density at radius 3 is 3.00 bits per heavy atom. The van der Waals surface area contributed by atoms with E-state index in [1.807, 2.05) is 13.0 Å². The fourth-order valence-corrected chi connectivity index (χ4v) is 0.303. The number of hydrogen-bond acceptors (Lipinski definition) is 1. The fraction of sp³-hybridized carbons (Fsp3) is 0.429. The maximum Gasteiger partial charge on any atom is 0.0578 e. The summed E-state index contributed by atoms with van der Waals surface area (Å²) in [5.41, 5.74) is 0. The molecule has 0 aliphatic heterocycles. The van der Waals surface area contributed by atoms with Gasteiger partial charge < -0.3 is 5.32 Å². The Hall–Kier alpha value is -0.740. The van der Waals surface area contributed by atoms with Crippen LogP contribution in [-0.2, 0) is 0 Å². The van der Waals surface area contributed by atoms with Crippen LogP contribution in [0.3, 0.4) is 0 Å². The van der Waals surface area contributed by atoms with Gasteiger partial charge in [-0.2, -0.15) is 0 Å². The zero-order valence-electron chi connectivity index (χ0n) is 5.15. The molecule has 0 bridgehead atoms. The van der Waals surface area contributed by atoms with Crippen molar-refractivity contribution < 1.29 is 0 Å². The zero-order chi connectivity index (χ0) is 6.41. The van der Waals surface area contributed by atoms with Crippen LogP contribution in [0.5, 0.6) is 0 Å². The molecule has 0 saturated heterocycles. The molecule has 0 aromatic carbocycles. The van der Waals surface area contributed by atoms with Crippen molar-refractivity contribution in [2.45, 2.75) is 13.0 Å². The third-order valence-corrected chi connectivity index (χ3v) is 0.880. The van der Waals surface area contributed by atoms with Gasteiger partial charge in [0.25, 0.3) is 0 Å². The van der Waals surface area contributed by atoms with Crippen LogP contribution in [0.4, 0.5) is 0 Å². The zero-order valence-corrected chi connectivity index (χ0v) is 5.15. The van der Waals surface area contributed by atoms with Crippen molar-refractivity contribution >= 4 is 0 Å². The van der Waals surface area contributed by atoms with Gasteiger partial charge in [-0.15, -0.1) is 13.0 Å². The maximum absolute atomic E-state index is 4.98. The lowest BCUT2D eigenvalue weighted by Crippen LogP contribution is -2.23. The molecule has 0 spiro atoms. The Morgan fingerprint density at radius 2 is 2.62 bits per heavy atom. The molecule has 8 heavy (non-hydrogen) atoms. The highest BCUT2D eigenvalue weighted by atomic mass is 14.9. The summed E-state index contributed by atoms with van der Waals surface area (Å²) in [4.78, 5) is 0. The van der Waals surface area contributed by atoms with E-state index in [0.717, 1.165) is 0 Å². The predicted molar refractivity (Wildman–Crippen MR) is 36.5 cm³/mol. The predicted octanol–water partition coefficient (Wildman–Crippen LogP) is 0.784. The van der Waals surface area contributed by atoms with Crippen molar-refractivity contribution in [1.82, 2.24) is 5.32 Å². The second kappa shape index (κ2) is 4.42. The quantitative estimate of drug-likeness (QED) is 0.417. The highest BCUT2D eigenvalue weighted by molar-refractivity contribution is 4.91. The second-order valence-electron chi connectivity index (χ2n) is 1.61. The first-order valence-corrected chi connectivity index (χ1v) is 2.60. The van der Waals surface area contributed by atoms with Crippen molar-refractivity contribution in [2.75, 3.05) is 6.54 Å². The molecule has 1 nitrogen and oxygen atoms in total. The van der Waals surface area contributed by atoms with Crippen LogP contribution in [0.2, 0.25) is 0 Å². The van der Waals surface area contributed by atoms with Gasteiger partial charge in [-0.1, -0.05) is 12.0 Å². The van der Waals surface area contributed by atoms with Gasteiger partial charge in [0.05, 0.1) is 6.54 Å². The normalized spacial score (nSPS) is 12.0. The van der Waals surface area contributed by atoms with Gasteiger partial charge in [-0.05, 0) is 6.92 Å². The summed E-state index contributed by atoms with van der Waals surface area (Å²) in [6.45, 7) is 6.20. The Kier molecular flexibility index (Phi) is 4.01. The molecule has 0 aliphatic rings. The van der Waals surface area contributed by atoms with E-state index in [1.54, 1.807) is 0 Å². The molecule has 0 rings (SSSR count). The molecule has 0 aromatic rings. The Labute approximate surface area is 50.8 Å². The molecular formula is C7H11N. The van der Waals surface area contributed by atoms with Crippen LogP contribution in [0.15, 0.2) is 12.7 Å². The highest BCUT2D eigenvalue weighted by Crippen LogP contribution is 1.77. The van der Waals surface area contributed by atoms with Crippen molar-refractivity contribution in [3.63, 3.8) is 0 Å². The van der Waals surface area contributed by atoms with E-state index in [1.165, 1.54) is 0 Å². The minimum Gasteiger partial charge on any atom is -0.300 e. The molecule has 0 aliphatic carbocycles. The lowest BCUT2D eigenvalue weighted by Gasteiger charge is -2.02. The van der Waals surface area contributed by atoms with Crippen LogP contribution in [0.1, 0.15) is 6.92 Å². The molecule has 1 heteroatoms. The molecule has 1 unspecified atom stereocenters. The fourth-order valence-electron chi connectivity index (χ4n) is 0.303. The molecule has 1 N–H and O–H groups in total. The Balaban J connectivity index is 3.13. The number of nitrogens with one attached hydrogen (secondary N) is 1. The summed E-state index contributed by atoms with van der Waals surface area (Å²) in [6.07, 6.45) is 6.80. The summed E-state index contributed by atoms with van der Waals surface area (Å²) in [6, 6.07) is 0.325. The van der Waals surface area contributed by atoms with Gasteiger partial charge in [-0.3, -0.25) is 0 Å².